The van der Waals surface area contributed by atoms with Gasteiger partial charge in [0.25, 0.3) is 5.91 Å². The summed E-state index contributed by atoms with van der Waals surface area (Å²) < 4.78 is 7.23. The van der Waals surface area contributed by atoms with Gasteiger partial charge >= 0.3 is 0 Å². The SMILES string of the molecule is CC(=O)N1CCCC1c1nc(-c2ccc(C)c(NC(=O)c3cnc4ccccn34)c2)no1. The fourth-order valence-corrected chi connectivity index (χ4v) is 4.07. The number of aromatic nitrogens is 4. The number of anilines is 1. The van der Waals surface area contributed by atoms with Crippen LogP contribution in [0.2, 0.25) is 0 Å². The third-order valence-electron chi connectivity index (χ3n) is 5.78. The molecule has 0 saturated carbocycles. The summed E-state index contributed by atoms with van der Waals surface area (Å²) >= 11 is 0. The van der Waals surface area contributed by atoms with Crippen LogP contribution in [0.1, 0.15) is 47.7 Å². The minimum atomic E-state index is -0.263. The molecule has 1 atom stereocenters. The van der Waals surface area contributed by atoms with E-state index in [2.05, 4.69) is 20.4 Å². The monoisotopic (exact) mass is 430 g/mol. The zero-order chi connectivity index (χ0) is 22.2. The normalized spacial score (nSPS) is 15.9. The van der Waals surface area contributed by atoms with Crippen LogP contribution in [-0.4, -0.2) is 42.8 Å². The Morgan fingerprint density at radius 2 is 2.09 bits per heavy atom. The summed E-state index contributed by atoms with van der Waals surface area (Å²) in [6.07, 6.45) is 5.06. The molecule has 1 saturated heterocycles. The third kappa shape index (κ3) is 3.51. The number of benzene rings is 1. The number of likely N-dealkylation sites (tertiary alicyclic amines) is 1. The number of aryl methyl sites for hydroxylation is 1. The maximum atomic E-state index is 12.9. The van der Waals surface area contributed by atoms with Gasteiger partial charge in [-0.15, -0.1) is 0 Å². The molecule has 4 heterocycles. The molecule has 2 amide bonds. The van der Waals surface area contributed by atoms with Crippen molar-refractivity contribution in [1.29, 1.82) is 0 Å². The van der Waals surface area contributed by atoms with Crippen molar-refractivity contribution in [1.82, 2.24) is 24.4 Å². The van der Waals surface area contributed by atoms with Gasteiger partial charge in [0.05, 0.1) is 6.20 Å². The number of imidazole rings is 1. The Labute approximate surface area is 184 Å². The molecule has 0 bridgehead atoms. The van der Waals surface area contributed by atoms with Crippen LogP contribution >= 0.6 is 0 Å². The molecule has 1 N–H and O–H groups in total. The van der Waals surface area contributed by atoms with Crippen LogP contribution < -0.4 is 5.32 Å². The van der Waals surface area contributed by atoms with Crippen LogP contribution in [0.25, 0.3) is 17.0 Å². The van der Waals surface area contributed by atoms with Crippen molar-refractivity contribution in [3.63, 3.8) is 0 Å². The molecule has 3 aromatic heterocycles. The van der Waals surface area contributed by atoms with Crippen molar-refractivity contribution in [2.45, 2.75) is 32.7 Å². The van der Waals surface area contributed by atoms with Gasteiger partial charge in [0.2, 0.25) is 17.6 Å². The number of nitrogens with zero attached hydrogens (tertiary/aromatic N) is 5. The quantitative estimate of drug-likeness (QED) is 0.530. The highest BCUT2D eigenvalue weighted by atomic mass is 16.5. The minimum absolute atomic E-state index is 0.0000185. The van der Waals surface area contributed by atoms with Crippen molar-refractivity contribution in [3.8, 4) is 11.4 Å². The molecule has 1 aromatic carbocycles. The van der Waals surface area contributed by atoms with Crippen LogP contribution in [0.15, 0.2) is 53.3 Å². The molecule has 9 heteroatoms. The van der Waals surface area contributed by atoms with Crippen LogP contribution in [0, 0.1) is 6.92 Å². The number of pyridine rings is 1. The molecule has 1 aliphatic heterocycles. The summed E-state index contributed by atoms with van der Waals surface area (Å²) in [4.78, 5) is 35.3. The van der Waals surface area contributed by atoms with Crippen LogP contribution in [-0.2, 0) is 4.79 Å². The van der Waals surface area contributed by atoms with E-state index in [-0.39, 0.29) is 17.9 Å². The van der Waals surface area contributed by atoms with E-state index in [1.165, 1.54) is 0 Å². The van der Waals surface area contributed by atoms with Crippen LogP contribution in [0.5, 0.6) is 0 Å². The molecular weight excluding hydrogens is 408 g/mol. The van der Waals surface area contributed by atoms with Gasteiger partial charge in [-0.3, -0.25) is 14.0 Å². The number of hydrogen-bond acceptors (Lipinski definition) is 6. The maximum absolute atomic E-state index is 12.9. The second-order valence-electron chi connectivity index (χ2n) is 7.88. The topological polar surface area (TPSA) is 106 Å². The Bertz CT molecular complexity index is 1320. The van der Waals surface area contributed by atoms with Gasteiger partial charge in [-0.25, -0.2) is 4.98 Å². The Morgan fingerprint density at radius 1 is 1.22 bits per heavy atom. The number of hydrogen-bond donors (Lipinski definition) is 1. The van der Waals surface area contributed by atoms with E-state index in [9.17, 15) is 9.59 Å². The number of carbonyl (C=O) groups excluding carboxylic acids is 2. The van der Waals surface area contributed by atoms with Crippen molar-refractivity contribution in [2.24, 2.45) is 0 Å². The van der Waals surface area contributed by atoms with Crippen molar-refractivity contribution in [3.05, 3.63) is 65.9 Å². The van der Waals surface area contributed by atoms with E-state index in [0.717, 1.165) is 18.4 Å². The maximum Gasteiger partial charge on any atom is 0.274 e. The lowest BCUT2D eigenvalue weighted by Crippen LogP contribution is -2.28. The Balaban J connectivity index is 1.40. The first-order chi connectivity index (χ1) is 15.5. The highest BCUT2D eigenvalue weighted by Gasteiger charge is 2.32. The van der Waals surface area contributed by atoms with Crippen LogP contribution in [0.4, 0.5) is 5.69 Å². The zero-order valence-corrected chi connectivity index (χ0v) is 17.8. The van der Waals surface area contributed by atoms with Gasteiger partial charge in [0.1, 0.15) is 17.4 Å². The van der Waals surface area contributed by atoms with E-state index in [0.29, 0.717) is 40.9 Å². The zero-order valence-electron chi connectivity index (χ0n) is 17.8. The lowest BCUT2D eigenvalue weighted by Gasteiger charge is -2.19. The van der Waals surface area contributed by atoms with Gasteiger partial charge in [-0.1, -0.05) is 23.4 Å². The van der Waals surface area contributed by atoms with Gasteiger partial charge < -0.3 is 14.7 Å². The molecule has 32 heavy (non-hydrogen) atoms. The first-order valence-corrected chi connectivity index (χ1v) is 10.5. The number of nitrogens with one attached hydrogen (secondary N) is 1. The van der Waals surface area contributed by atoms with Gasteiger partial charge in [-0.05, 0) is 43.5 Å². The molecule has 0 aliphatic carbocycles. The standard InChI is InChI=1S/C23H22N6O3/c1-14-8-9-16(21-26-23(32-27-21)18-6-5-11-28(18)15(2)30)12-17(14)25-22(31)19-13-24-20-7-3-4-10-29(19)20/h3-4,7-10,12-13,18H,5-6,11H2,1-2H3,(H,25,31). The molecule has 1 fully saturated rings. The lowest BCUT2D eigenvalue weighted by molar-refractivity contribution is -0.130. The second-order valence-corrected chi connectivity index (χ2v) is 7.88. The molecule has 1 aliphatic rings. The largest absolute Gasteiger partial charge is 0.337 e. The second kappa shape index (κ2) is 7.92. The summed E-state index contributed by atoms with van der Waals surface area (Å²) in [5.41, 5.74) is 3.41. The van der Waals surface area contributed by atoms with Crippen molar-refractivity contribution in [2.75, 3.05) is 11.9 Å². The molecule has 9 nitrogen and oxygen atoms in total. The fraction of sp³-hybridized carbons (Fsp3) is 0.261. The van der Waals surface area contributed by atoms with Gasteiger partial charge in [0.15, 0.2) is 0 Å². The van der Waals surface area contributed by atoms with E-state index >= 15 is 0 Å². The van der Waals surface area contributed by atoms with Crippen molar-refractivity contribution < 1.29 is 14.1 Å². The Hall–Kier alpha value is -4.01. The van der Waals surface area contributed by atoms with Gasteiger partial charge in [-0.2, -0.15) is 4.98 Å². The van der Waals surface area contributed by atoms with E-state index in [1.807, 2.05) is 43.3 Å². The fourth-order valence-electron chi connectivity index (χ4n) is 4.07. The number of rotatable bonds is 4. The summed E-state index contributed by atoms with van der Waals surface area (Å²) in [6.45, 7) is 4.16. The number of amides is 2. The summed E-state index contributed by atoms with van der Waals surface area (Å²) in [7, 11) is 0. The smallest absolute Gasteiger partial charge is 0.274 e. The lowest BCUT2D eigenvalue weighted by atomic mass is 10.1. The summed E-state index contributed by atoms with van der Waals surface area (Å²) in [6, 6.07) is 11.0. The molecule has 0 radical (unpaired) electrons. The van der Waals surface area contributed by atoms with E-state index in [1.54, 1.807) is 28.6 Å². The van der Waals surface area contributed by atoms with Crippen LogP contribution in [0.3, 0.4) is 0 Å². The number of fused-ring (bicyclic) bond motifs is 1. The molecule has 5 rings (SSSR count). The molecule has 0 spiro atoms. The average molecular weight is 430 g/mol. The summed E-state index contributed by atoms with van der Waals surface area (Å²) in [5, 5.41) is 7.07. The van der Waals surface area contributed by atoms with E-state index in [4.69, 9.17) is 4.52 Å². The van der Waals surface area contributed by atoms with Gasteiger partial charge in [0, 0.05) is 30.9 Å². The molecule has 4 aromatic rings. The molecule has 1 unspecified atom stereocenters. The average Bonchev–Trinajstić information content (AvgIpc) is 3.53. The Kier molecular flexibility index (Phi) is 4.93. The minimum Gasteiger partial charge on any atom is -0.337 e. The van der Waals surface area contributed by atoms with E-state index < -0.39 is 0 Å². The summed E-state index contributed by atoms with van der Waals surface area (Å²) in [5.74, 6) is 0.589. The molecule has 162 valence electrons. The highest BCUT2D eigenvalue weighted by molar-refractivity contribution is 6.04. The highest BCUT2D eigenvalue weighted by Crippen LogP contribution is 2.32. The predicted molar refractivity (Wildman–Crippen MR) is 117 cm³/mol. The first-order valence-electron chi connectivity index (χ1n) is 10.5. The molecular formula is C23H22N6O3. The predicted octanol–water partition coefficient (Wildman–Crippen LogP) is 3.63. The third-order valence-corrected chi connectivity index (χ3v) is 5.78. The Morgan fingerprint density at radius 3 is 2.94 bits per heavy atom. The first kappa shape index (κ1) is 19.9. The number of carbonyl (C=O) groups is 2. The van der Waals surface area contributed by atoms with Crippen molar-refractivity contribution >= 4 is 23.1 Å².